The normalized spacial score (nSPS) is 11.7. The molecule has 28 heavy (non-hydrogen) atoms. The lowest BCUT2D eigenvalue weighted by Gasteiger charge is -2.23. The van der Waals surface area contributed by atoms with E-state index in [9.17, 15) is 4.79 Å². The zero-order valence-electron chi connectivity index (χ0n) is 17.2. The molecular weight excluding hydrogens is 354 g/mol. The minimum absolute atomic E-state index is 0.258. The Kier molecular flexibility index (Phi) is 7.44. The van der Waals surface area contributed by atoms with E-state index in [4.69, 9.17) is 9.47 Å². The Morgan fingerprint density at radius 1 is 1.00 bits per heavy atom. The topological polar surface area (TPSA) is 72.0 Å². The summed E-state index contributed by atoms with van der Waals surface area (Å²) in [4.78, 5) is 15.8. The lowest BCUT2D eigenvalue weighted by molar-refractivity contribution is 0.0600. The van der Waals surface area contributed by atoms with Gasteiger partial charge in [0.15, 0.2) is 5.96 Å². The lowest BCUT2D eigenvalue weighted by atomic mass is 10.1. The van der Waals surface area contributed by atoms with E-state index >= 15 is 0 Å². The number of carbonyl (C=O) groups is 1. The molecule has 0 aliphatic carbocycles. The molecule has 0 aromatic heterocycles. The van der Waals surface area contributed by atoms with Crippen molar-refractivity contribution in [1.82, 2.24) is 10.6 Å². The zero-order chi connectivity index (χ0) is 20.6. The van der Waals surface area contributed by atoms with Crippen LogP contribution in [0.3, 0.4) is 0 Å². The van der Waals surface area contributed by atoms with Crippen LogP contribution < -0.4 is 15.4 Å². The van der Waals surface area contributed by atoms with Gasteiger partial charge in [-0.3, -0.25) is 4.99 Å². The Morgan fingerprint density at radius 2 is 1.64 bits per heavy atom. The highest BCUT2D eigenvalue weighted by Crippen LogP contribution is 2.22. The number of hydrogen-bond acceptors (Lipinski definition) is 4. The highest BCUT2D eigenvalue weighted by atomic mass is 16.5. The monoisotopic (exact) mass is 383 g/mol. The van der Waals surface area contributed by atoms with E-state index in [1.165, 1.54) is 7.11 Å². The largest absolute Gasteiger partial charge is 0.488 e. The average Bonchev–Trinajstić information content (AvgIpc) is 2.68. The van der Waals surface area contributed by atoms with Gasteiger partial charge < -0.3 is 20.1 Å². The summed E-state index contributed by atoms with van der Waals surface area (Å²) < 4.78 is 10.7. The molecule has 0 spiro atoms. The van der Waals surface area contributed by atoms with Gasteiger partial charge in [0.25, 0.3) is 0 Å². The molecule has 2 N–H and O–H groups in total. The number of aliphatic imine (C=N–C) groups is 1. The average molecular weight is 383 g/mol. The summed E-state index contributed by atoms with van der Waals surface area (Å²) in [5, 5.41) is 6.57. The summed E-state index contributed by atoms with van der Waals surface area (Å²) in [5.74, 6) is 1.20. The Hall–Kier alpha value is -3.02. The molecule has 0 heterocycles. The van der Waals surface area contributed by atoms with E-state index in [2.05, 4.69) is 15.6 Å². The highest BCUT2D eigenvalue weighted by molar-refractivity contribution is 5.89. The summed E-state index contributed by atoms with van der Waals surface area (Å²) in [6.45, 7) is 7.27. The third kappa shape index (κ3) is 6.61. The van der Waals surface area contributed by atoms with Crippen LogP contribution in [0.5, 0.6) is 5.75 Å². The van der Waals surface area contributed by atoms with Crippen molar-refractivity contribution in [2.75, 3.05) is 14.2 Å². The van der Waals surface area contributed by atoms with Crippen molar-refractivity contribution in [3.8, 4) is 5.75 Å². The first kappa shape index (κ1) is 21.3. The molecule has 6 heteroatoms. The molecule has 0 aliphatic heterocycles. The first-order valence-electron chi connectivity index (χ1n) is 9.21. The molecule has 6 nitrogen and oxygen atoms in total. The second kappa shape index (κ2) is 9.78. The van der Waals surface area contributed by atoms with Crippen molar-refractivity contribution >= 4 is 11.9 Å². The molecule has 0 atom stereocenters. The van der Waals surface area contributed by atoms with Crippen LogP contribution in [-0.2, 0) is 17.8 Å². The van der Waals surface area contributed by atoms with E-state index in [-0.39, 0.29) is 11.6 Å². The van der Waals surface area contributed by atoms with Gasteiger partial charge in [0.1, 0.15) is 11.4 Å². The Labute approximate surface area is 167 Å². The van der Waals surface area contributed by atoms with Gasteiger partial charge in [-0.25, -0.2) is 4.79 Å². The molecular formula is C22H29N3O3. The lowest BCUT2D eigenvalue weighted by Crippen LogP contribution is -2.36. The number of nitrogens with one attached hydrogen (secondary N) is 2. The minimum atomic E-state index is -0.340. The van der Waals surface area contributed by atoms with Crippen LogP contribution >= 0.6 is 0 Å². The molecule has 0 amide bonds. The summed E-state index contributed by atoms with van der Waals surface area (Å²) in [6, 6.07) is 15.2. The van der Waals surface area contributed by atoms with Crippen LogP contribution in [-0.4, -0.2) is 31.7 Å². The molecule has 0 fully saturated rings. The number of hydrogen-bond donors (Lipinski definition) is 2. The SMILES string of the molecule is CN=C(NCc1ccc(C(=O)OC)cc1)NCc1ccccc1OC(C)(C)C. The van der Waals surface area contributed by atoms with Gasteiger partial charge in [-0.05, 0) is 44.5 Å². The van der Waals surface area contributed by atoms with Gasteiger partial charge in [0.05, 0.1) is 12.7 Å². The number of rotatable bonds is 6. The standard InChI is InChI=1S/C22H29N3O3/c1-22(2,3)28-19-9-7-6-8-18(19)15-25-21(23-4)24-14-16-10-12-17(13-11-16)20(26)27-5/h6-13H,14-15H2,1-5H3,(H2,23,24,25). The fraction of sp³-hybridized carbons (Fsp3) is 0.364. The Balaban J connectivity index is 1.93. The van der Waals surface area contributed by atoms with Crippen molar-refractivity contribution < 1.29 is 14.3 Å². The number of nitrogens with zero attached hydrogens (tertiary/aromatic N) is 1. The fourth-order valence-electron chi connectivity index (χ4n) is 2.54. The number of para-hydroxylation sites is 1. The van der Waals surface area contributed by atoms with E-state index in [1.54, 1.807) is 19.2 Å². The van der Waals surface area contributed by atoms with Crippen LogP contribution in [0.15, 0.2) is 53.5 Å². The van der Waals surface area contributed by atoms with Gasteiger partial charge in [-0.15, -0.1) is 0 Å². The minimum Gasteiger partial charge on any atom is -0.488 e. The number of guanidine groups is 1. The van der Waals surface area contributed by atoms with Crippen molar-refractivity contribution in [2.24, 2.45) is 4.99 Å². The number of methoxy groups -OCH3 is 1. The highest BCUT2D eigenvalue weighted by Gasteiger charge is 2.14. The molecule has 0 aliphatic rings. The Morgan fingerprint density at radius 3 is 2.25 bits per heavy atom. The second-order valence-corrected chi connectivity index (χ2v) is 7.29. The summed E-state index contributed by atoms with van der Waals surface area (Å²) >= 11 is 0. The van der Waals surface area contributed by atoms with Crippen LogP contribution in [0, 0.1) is 0 Å². The van der Waals surface area contributed by atoms with Gasteiger partial charge in [0.2, 0.25) is 0 Å². The van der Waals surface area contributed by atoms with Gasteiger partial charge in [-0.2, -0.15) is 0 Å². The summed E-state index contributed by atoms with van der Waals surface area (Å²) in [6.07, 6.45) is 0. The summed E-state index contributed by atoms with van der Waals surface area (Å²) in [7, 11) is 3.10. The van der Waals surface area contributed by atoms with Crippen molar-refractivity contribution in [1.29, 1.82) is 0 Å². The molecule has 2 rings (SSSR count). The molecule has 2 aromatic carbocycles. The van der Waals surface area contributed by atoms with Crippen molar-refractivity contribution in [3.05, 3.63) is 65.2 Å². The maximum atomic E-state index is 11.5. The van der Waals surface area contributed by atoms with E-state index in [0.717, 1.165) is 16.9 Å². The van der Waals surface area contributed by atoms with Crippen LogP contribution in [0.2, 0.25) is 0 Å². The van der Waals surface area contributed by atoms with Crippen LogP contribution in [0.1, 0.15) is 42.3 Å². The zero-order valence-corrected chi connectivity index (χ0v) is 17.2. The third-order valence-corrected chi connectivity index (χ3v) is 3.89. The molecule has 150 valence electrons. The van der Waals surface area contributed by atoms with E-state index in [0.29, 0.717) is 24.6 Å². The third-order valence-electron chi connectivity index (χ3n) is 3.89. The first-order valence-corrected chi connectivity index (χ1v) is 9.21. The summed E-state index contributed by atoms with van der Waals surface area (Å²) in [5.41, 5.74) is 2.37. The first-order chi connectivity index (χ1) is 13.3. The molecule has 0 saturated heterocycles. The predicted molar refractivity (Wildman–Crippen MR) is 112 cm³/mol. The molecule has 2 aromatic rings. The van der Waals surface area contributed by atoms with Gasteiger partial charge in [-0.1, -0.05) is 30.3 Å². The maximum absolute atomic E-state index is 11.5. The van der Waals surface area contributed by atoms with Gasteiger partial charge >= 0.3 is 5.97 Å². The van der Waals surface area contributed by atoms with Crippen molar-refractivity contribution in [3.63, 3.8) is 0 Å². The fourth-order valence-corrected chi connectivity index (χ4v) is 2.54. The van der Waals surface area contributed by atoms with E-state index < -0.39 is 0 Å². The van der Waals surface area contributed by atoms with E-state index in [1.807, 2.05) is 57.2 Å². The predicted octanol–water partition coefficient (Wildman–Crippen LogP) is 3.52. The second-order valence-electron chi connectivity index (χ2n) is 7.29. The van der Waals surface area contributed by atoms with Crippen molar-refractivity contribution in [2.45, 2.75) is 39.5 Å². The number of benzene rings is 2. The number of ether oxygens (including phenoxy) is 2. The molecule has 0 saturated carbocycles. The smallest absolute Gasteiger partial charge is 0.337 e. The quantitative estimate of drug-likeness (QED) is 0.454. The number of esters is 1. The molecule has 0 radical (unpaired) electrons. The maximum Gasteiger partial charge on any atom is 0.337 e. The molecule has 0 bridgehead atoms. The van der Waals surface area contributed by atoms with Crippen LogP contribution in [0.25, 0.3) is 0 Å². The Bertz CT molecular complexity index is 809. The number of carbonyl (C=O) groups excluding carboxylic acids is 1. The van der Waals surface area contributed by atoms with Crippen LogP contribution in [0.4, 0.5) is 0 Å². The molecule has 0 unspecified atom stereocenters. The van der Waals surface area contributed by atoms with Gasteiger partial charge in [0, 0.05) is 25.7 Å².